The second kappa shape index (κ2) is 9.21. The van der Waals surface area contributed by atoms with Gasteiger partial charge in [-0.25, -0.2) is 13.1 Å². The van der Waals surface area contributed by atoms with Gasteiger partial charge in [-0.05, 0) is 36.6 Å². The van der Waals surface area contributed by atoms with Crippen LogP contribution in [0.4, 0.5) is 18.9 Å². The molecule has 174 valence electrons. The van der Waals surface area contributed by atoms with E-state index in [1.165, 1.54) is 6.07 Å². The first-order valence-electron chi connectivity index (χ1n) is 10.4. The van der Waals surface area contributed by atoms with Gasteiger partial charge in [-0.1, -0.05) is 30.3 Å². The van der Waals surface area contributed by atoms with Gasteiger partial charge in [0.25, 0.3) is 0 Å². The Bertz CT molecular complexity index is 1050. The van der Waals surface area contributed by atoms with Crippen LogP contribution in [-0.4, -0.2) is 32.7 Å². The van der Waals surface area contributed by atoms with Gasteiger partial charge in [-0.2, -0.15) is 13.2 Å². The van der Waals surface area contributed by atoms with E-state index in [0.717, 1.165) is 17.7 Å². The third-order valence-electron chi connectivity index (χ3n) is 5.92. The summed E-state index contributed by atoms with van der Waals surface area (Å²) in [6.07, 6.45) is -4.65. The Labute approximate surface area is 190 Å². The lowest BCUT2D eigenvalue weighted by Crippen LogP contribution is -2.33. The van der Waals surface area contributed by atoms with Gasteiger partial charge >= 0.3 is 6.18 Å². The average molecular weight is 489 g/mol. The van der Waals surface area contributed by atoms with Crippen LogP contribution in [0.1, 0.15) is 41.7 Å². The first-order valence-corrected chi connectivity index (χ1v) is 12.6. The molecular weight excluding hydrogens is 465 g/mol. The molecule has 5 nitrogen and oxygen atoms in total. The summed E-state index contributed by atoms with van der Waals surface area (Å²) in [6, 6.07) is 13.1. The van der Waals surface area contributed by atoms with Crippen molar-refractivity contribution < 1.29 is 26.3 Å². The van der Waals surface area contributed by atoms with Crippen LogP contribution >= 0.6 is 11.6 Å². The number of ether oxygens (including phenoxy) is 1. The lowest BCUT2D eigenvalue weighted by atomic mass is 9.80. The topological polar surface area (TPSA) is 67.4 Å². The highest BCUT2D eigenvalue weighted by Gasteiger charge is 2.46. The molecular formula is C22H24ClF3N2O3S. The minimum absolute atomic E-state index is 0.0629. The van der Waals surface area contributed by atoms with E-state index in [2.05, 4.69) is 10.0 Å². The minimum atomic E-state index is -4.46. The van der Waals surface area contributed by atoms with Crippen LogP contribution in [0.3, 0.4) is 0 Å². The number of fused-ring (bicyclic) bond motifs is 3. The summed E-state index contributed by atoms with van der Waals surface area (Å²) in [5.41, 5.74) is 1.31. The highest BCUT2D eigenvalue weighted by molar-refractivity contribution is 7.89. The molecule has 4 rings (SSSR count). The standard InChI is InChI=1S/C22H24ClF3N2O3S/c23-9-4-10-32(29,30)27-13-16-12-18-20(14-5-2-1-3-6-14)28-19-8-7-15(22(24,25)26)11-17(19)21(18)31-16/h1-3,5-8,11,16,18,20-21,27-28H,4,9-10,12-13H2. The van der Waals surface area contributed by atoms with E-state index in [1.54, 1.807) is 0 Å². The summed E-state index contributed by atoms with van der Waals surface area (Å²) in [7, 11) is -3.50. The number of benzene rings is 2. The van der Waals surface area contributed by atoms with Crippen LogP contribution in [0.2, 0.25) is 0 Å². The summed E-state index contributed by atoms with van der Waals surface area (Å²) in [5, 5.41) is 3.38. The van der Waals surface area contributed by atoms with Crippen molar-refractivity contribution in [2.24, 2.45) is 5.92 Å². The van der Waals surface area contributed by atoms with E-state index < -0.39 is 34.0 Å². The molecule has 2 aliphatic rings. The van der Waals surface area contributed by atoms with Gasteiger partial charge in [0.05, 0.1) is 29.6 Å². The van der Waals surface area contributed by atoms with Gasteiger partial charge in [0.2, 0.25) is 10.0 Å². The zero-order valence-corrected chi connectivity index (χ0v) is 18.7. The second-order valence-corrected chi connectivity index (χ2v) is 10.4. The molecule has 0 amide bonds. The van der Waals surface area contributed by atoms with Crippen LogP contribution in [0.15, 0.2) is 48.5 Å². The summed E-state index contributed by atoms with van der Waals surface area (Å²) < 4.78 is 73.0. The van der Waals surface area contributed by atoms with Crippen LogP contribution in [-0.2, 0) is 20.9 Å². The maximum atomic E-state index is 13.3. The Hall–Kier alpha value is -1.81. The smallest absolute Gasteiger partial charge is 0.378 e. The largest absolute Gasteiger partial charge is 0.416 e. The van der Waals surface area contributed by atoms with Crippen LogP contribution in [0, 0.1) is 5.92 Å². The molecule has 4 atom stereocenters. The third kappa shape index (κ3) is 5.06. The molecule has 32 heavy (non-hydrogen) atoms. The Morgan fingerprint density at radius 1 is 1.16 bits per heavy atom. The number of halogens is 4. The molecule has 2 heterocycles. The first kappa shape index (κ1) is 23.4. The van der Waals surface area contributed by atoms with Crippen molar-refractivity contribution in [1.29, 1.82) is 0 Å². The van der Waals surface area contributed by atoms with Crippen LogP contribution < -0.4 is 10.0 Å². The van der Waals surface area contributed by atoms with E-state index in [9.17, 15) is 21.6 Å². The Balaban J connectivity index is 1.61. The highest BCUT2D eigenvalue weighted by atomic mass is 35.5. The lowest BCUT2D eigenvalue weighted by molar-refractivity contribution is -0.137. The molecule has 4 unspecified atom stereocenters. The molecule has 0 bridgehead atoms. The molecule has 0 spiro atoms. The molecule has 1 fully saturated rings. The van der Waals surface area contributed by atoms with Crippen LogP contribution in [0.5, 0.6) is 0 Å². The molecule has 2 aliphatic heterocycles. The monoisotopic (exact) mass is 488 g/mol. The number of hydrogen-bond donors (Lipinski definition) is 2. The maximum Gasteiger partial charge on any atom is 0.416 e. The Morgan fingerprint density at radius 2 is 1.91 bits per heavy atom. The zero-order valence-electron chi connectivity index (χ0n) is 17.1. The number of nitrogens with one attached hydrogen (secondary N) is 2. The number of sulfonamides is 1. The summed E-state index contributed by atoms with van der Waals surface area (Å²) in [4.78, 5) is 0. The summed E-state index contributed by atoms with van der Waals surface area (Å²) in [5.74, 6) is 0.0150. The lowest BCUT2D eigenvalue weighted by Gasteiger charge is -2.36. The molecule has 2 aromatic carbocycles. The molecule has 0 aromatic heterocycles. The quantitative estimate of drug-likeness (QED) is 0.546. The number of hydrogen-bond acceptors (Lipinski definition) is 4. The molecule has 2 N–H and O–H groups in total. The summed E-state index contributed by atoms with van der Waals surface area (Å²) in [6.45, 7) is 0.0629. The van der Waals surface area contributed by atoms with Crippen molar-refractivity contribution in [3.05, 3.63) is 65.2 Å². The normalized spacial score (nSPS) is 25.1. The molecule has 2 aromatic rings. The SMILES string of the molecule is O=S(=O)(CCCCl)NCC1CC2C(c3ccccc3)Nc3ccc(C(F)(F)F)cc3C2O1. The fourth-order valence-corrected chi connectivity index (χ4v) is 5.85. The zero-order chi connectivity index (χ0) is 22.9. The fraction of sp³-hybridized carbons (Fsp3) is 0.455. The highest BCUT2D eigenvalue weighted by Crippen LogP contribution is 2.52. The van der Waals surface area contributed by atoms with E-state index in [4.69, 9.17) is 16.3 Å². The predicted octanol–water partition coefficient (Wildman–Crippen LogP) is 4.87. The van der Waals surface area contributed by atoms with Crippen molar-refractivity contribution in [3.8, 4) is 0 Å². The van der Waals surface area contributed by atoms with Crippen molar-refractivity contribution in [2.75, 3.05) is 23.5 Å². The van der Waals surface area contributed by atoms with E-state index in [1.807, 2.05) is 30.3 Å². The second-order valence-electron chi connectivity index (χ2n) is 8.12. The van der Waals surface area contributed by atoms with Crippen LogP contribution in [0.25, 0.3) is 0 Å². The first-order chi connectivity index (χ1) is 15.2. The average Bonchev–Trinajstić information content (AvgIpc) is 3.20. The van der Waals surface area contributed by atoms with Gasteiger partial charge in [0.1, 0.15) is 0 Å². The van der Waals surface area contributed by atoms with Gasteiger partial charge in [-0.3, -0.25) is 0 Å². The Morgan fingerprint density at radius 3 is 2.59 bits per heavy atom. The van der Waals surface area contributed by atoms with Crippen molar-refractivity contribution in [1.82, 2.24) is 4.72 Å². The number of alkyl halides is 4. The van der Waals surface area contributed by atoms with Gasteiger partial charge in [-0.15, -0.1) is 11.6 Å². The maximum absolute atomic E-state index is 13.3. The van der Waals surface area contributed by atoms with E-state index in [-0.39, 0.29) is 30.1 Å². The summed E-state index contributed by atoms with van der Waals surface area (Å²) >= 11 is 5.58. The number of rotatable bonds is 7. The molecule has 1 saturated heterocycles. The number of anilines is 1. The van der Waals surface area contributed by atoms with Gasteiger partial charge < -0.3 is 10.1 Å². The Kier molecular flexibility index (Phi) is 6.72. The molecule has 0 aliphatic carbocycles. The predicted molar refractivity (Wildman–Crippen MR) is 117 cm³/mol. The van der Waals surface area contributed by atoms with Crippen molar-refractivity contribution >= 4 is 27.3 Å². The third-order valence-corrected chi connectivity index (χ3v) is 7.62. The van der Waals surface area contributed by atoms with E-state index >= 15 is 0 Å². The van der Waals surface area contributed by atoms with E-state index in [0.29, 0.717) is 24.1 Å². The molecule has 10 heteroatoms. The molecule has 0 saturated carbocycles. The van der Waals surface area contributed by atoms with Gasteiger partial charge in [0, 0.05) is 29.6 Å². The molecule has 0 radical (unpaired) electrons. The van der Waals surface area contributed by atoms with Crippen molar-refractivity contribution in [2.45, 2.75) is 37.3 Å². The minimum Gasteiger partial charge on any atom is -0.378 e. The van der Waals surface area contributed by atoms with Gasteiger partial charge in [0.15, 0.2) is 0 Å². The van der Waals surface area contributed by atoms with Crippen molar-refractivity contribution in [3.63, 3.8) is 0 Å². The fourth-order valence-electron chi connectivity index (χ4n) is 4.45.